The third kappa shape index (κ3) is 2.55. The summed E-state index contributed by atoms with van der Waals surface area (Å²) in [6.45, 7) is 12.1. The molecule has 168 valence electrons. The van der Waals surface area contributed by atoms with E-state index in [0.29, 0.717) is 27.9 Å². The van der Waals surface area contributed by atoms with Crippen LogP contribution in [0.1, 0.15) is 105 Å². The lowest BCUT2D eigenvalue weighted by Crippen LogP contribution is -2.56. The fourth-order valence-corrected chi connectivity index (χ4v) is 10.1. The molecule has 0 amide bonds. The number of rotatable bonds is 4. The highest BCUT2D eigenvalue weighted by Crippen LogP contribution is 2.87. The van der Waals surface area contributed by atoms with E-state index in [9.17, 15) is 9.90 Å². The molecule has 0 aromatic carbocycles. The van der Waals surface area contributed by atoms with Crippen molar-refractivity contribution in [1.29, 1.82) is 0 Å². The van der Waals surface area contributed by atoms with Crippen LogP contribution in [0.5, 0.6) is 0 Å². The highest BCUT2D eigenvalue weighted by Gasteiger charge is 2.82. The largest absolute Gasteiger partial charge is 0.393 e. The molecule has 0 bridgehead atoms. The Morgan fingerprint density at radius 3 is 2.60 bits per heavy atom. The molecule has 0 heterocycles. The summed E-state index contributed by atoms with van der Waals surface area (Å²) in [5.41, 5.74) is 2.85. The van der Waals surface area contributed by atoms with Crippen LogP contribution >= 0.6 is 0 Å². The summed E-state index contributed by atoms with van der Waals surface area (Å²) in [4.78, 5) is 13.4. The van der Waals surface area contributed by atoms with Crippen molar-refractivity contribution < 1.29 is 9.90 Å². The van der Waals surface area contributed by atoms with Crippen LogP contribution in [0.15, 0.2) is 11.6 Å². The van der Waals surface area contributed by atoms with Gasteiger partial charge in [-0.05, 0) is 117 Å². The molecule has 0 aromatic heterocycles. The number of aliphatic hydroxyl groups excluding tert-OH is 1. The van der Waals surface area contributed by atoms with Crippen LogP contribution in [-0.2, 0) is 4.79 Å². The maximum atomic E-state index is 13.4. The predicted molar refractivity (Wildman–Crippen MR) is 122 cm³/mol. The second-order valence-corrected chi connectivity index (χ2v) is 13.0. The second-order valence-electron chi connectivity index (χ2n) is 13.0. The lowest BCUT2D eigenvalue weighted by molar-refractivity contribution is -0.157. The second kappa shape index (κ2) is 6.69. The van der Waals surface area contributed by atoms with E-state index in [1.54, 1.807) is 0 Å². The first-order valence-electron chi connectivity index (χ1n) is 12.9. The molecule has 1 N–H and O–H groups in total. The normalized spacial score (nSPS) is 52.5. The maximum Gasteiger partial charge on any atom is 0.136 e. The van der Waals surface area contributed by atoms with E-state index < -0.39 is 0 Å². The van der Waals surface area contributed by atoms with Gasteiger partial charge in [0.05, 0.1) is 6.10 Å². The minimum Gasteiger partial charge on any atom is -0.393 e. The van der Waals surface area contributed by atoms with Crippen LogP contribution in [0.25, 0.3) is 0 Å². The lowest BCUT2D eigenvalue weighted by Gasteiger charge is -2.61. The van der Waals surface area contributed by atoms with Gasteiger partial charge < -0.3 is 5.11 Å². The fraction of sp³-hybridized carbons (Fsp3) is 0.893. The summed E-state index contributed by atoms with van der Waals surface area (Å²) in [6.07, 6.45) is 15.0. The molecular weight excluding hydrogens is 368 g/mol. The molecule has 9 unspecified atom stereocenters. The first-order chi connectivity index (χ1) is 14.1. The average Bonchev–Trinajstić information content (AvgIpc) is 3.25. The predicted octanol–water partition coefficient (Wildman–Crippen LogP) is 6.71. The number of hydrogen-bond donors (Lipinski definition) is 1. The molecule has 2 nitrogen and oxygen atoms in total. The summed E-state index contributed by atoms with van der Waals surface area (Å²) >= 11 is 0. The molecule has 30 heavy (non-hydrogen) atoms. The van der Waals surface area contributed by atoms with Crippen LogP contribution in [0, 0.1) is 45.3 Å². The Labute approximate surface area is 184 Å². The van der Waals surface area contributed by atoms with E-state index in [2.05, 4.69) is 40.7 Å². The van der Waals surface area contributed by atoms with Crippen molar-refractivity contribution in [3.63, 3.8) is 0 Å². The van der Waals surface area contributed by atoms with Gasteiger partial charge in [-0.2, -0.15) is 0 Å². The Hall–Kier alpha value is -0.630. The number of fused-ring (bicyclic) bond motifs is 2. The lowest BCUT2D eigenvalue weighted by atomic mass is 9.43. The number of hydrogen-bond acceptors (Lipinski definition) is 2. The van der Waals surface area contributed by atoms with E-state index in [4.69, 9.17) is 0 Å². The van der Waals surface area contributed by atoms with Crippen molar-refractivity contribution in [3.05, 3.63) is 11.6 Å². The minimum atomic E-state index is -0.235. The molecule has 0 aromatic rings. The molecule has 0 aliphatic heterocycles. The van der Waals surface area contributed by atoms with E-state index in [1.807, 2.05) is 0 Å². The van der Waals surface area contributed by atoms with Crippen LogP contribution in [0.3, 0.4) is 0 Å². The van der Waals surface area contributed by atoms with Gasteiger partial charge in [0.2, 0.25) is 0 Å². The van der Waals surface area contributed by atoms with Crippen LogP contribution in [-0.4, -0.2) is 17.0 Å². The molecule has 2 spiro atoms. The number of ketones is 1. The van der Waals surface area contributed by atoms with E-state index >= 15 is 0 Å². The van der Waals surface area contributed by atoms with E-state index in [0.717, 1.165) is 37.5 Å². The average molecular weight is 413 g/mol. The molecule has 5 rings (SSSR count). The third-order valence-corrected chi connectivity index (χ3v) is 11.9. The number of carbonyl (C=O) groups excluding carboxylic acids is 1. The molecule has 9 atom stereocenters. The van der Waals surface area contributed by atoms with Crippen LogP contribution in [0.4, 0.5) is 0 Å². The van der Waals surface area contributed by atoms with Gasteiger partial charge in [0.15, 0.2) is 0 Å². The van der Waals surface area contributed by atoms with Gasteiger partial charge in [0.25, 0.3) is 0 Å². The smallest absolute Gasteiger partial charge is 0.136 e. The van der Waals surface area contributed by atoms with Crippen molar-refractivity contribution in [2.24, 2.45) is 45.3 Å². The van der Waals surface area contributed by atoms with E-state index in [1.165, 1.54) is 50.5 Å². The summed E-state index contributed by atoms with van der Waals surface area (Å²) in [6, 6.07) is 0. The van der Waals surface area contributed by atoms with Crippen molar-refractivity contribution in [3.8, 4) is 0 Å². The minimum absolute atomic E-state index is 0.172. The number of aliphatic hydroxyl groups is 1. The third-order valence-electron chi connectivity index (χ3n) is 11.9. The highest BCUT2D eigenvalue weighted by molar-refractivity contribution is 5.85. The molecule has 2 heteroatoms. The summed E-state index contributed by atoms with van der Waals surface area (Å²) in [7, 11) is 0. The molecule has 5 saturated carbocycles. The maximum absolute atomic E-state index is 13.4. The quantitative estimate of drug-likeness (QED) is 0.521. The number of carbonyl (C=O) groups is 1. The zero-order valence-electron chi connectivity index (χ0n) is 20.1. The molecule has 5 fully saturated rings. The van der Waals surface area contributed by atoms with Gasteiger partial charge in [-0.25, -0.2) is 0 Å². The molecule has 5 aliphatic rings. The zero-order valence-corrected chi connectivity index (χ0v) is 20.1. The standard InChI is InChI=1S/C28H44O2/c1-18(2)7-6-8-19(3)21-10-11-26(5)24-16-23(30)22-15-20(29)9-12-27(22)17-28(24,27)14-13-25(21,26)4/h7,19-22,24,29H,6,8-17H2,1-5H3. The van der Waals surface area contributed by atoms with Gasteiger partial charge in [-0.15, -0.1) is 0 Å². The van der Waals surface area contributed by atoms with Gasteiger partial charge in [0.1, 0.15) is 5.78 Å². The van der Waals surface area contributed by atoms with Gasteiger partial charge >= 0.3 is 0 Å². The van der Waals surface area contributed by atoms with Gasteiger partial charge in [-0.1, -0.05) is 32.4 Å². The Bertz CT molecular complexity index is 765. The number of allylic oxidation sites excluding steroid dienone is 2. The van der Waals surface area contributed by atoms with Crippen molar-refractivity contribution >= 4 is 5.78 Å². The first kappa shape index (κ1) is 21.2. The Morgan fingerprint density at radius 2 is 1.87 bits per heavy atom. The van der Waals surface area contributed by atoms with Crippen molar-refractivity contribution in [2.45, 2.75) is 111 Å². The monoisotopic (exact) mass is 412 g/mol. The van der Waals surface area contributed by atoms with Gasteiger partial charge in [-0.3, -0.25) is 4.79 Å². The van der Waals surface area contributed by atoms with Gasteiger partial charge in [0, 0.05) is 12.3 Å². The topological polar surface area (TPSA) is 37.3 Å². The first-order valence-corrected chi connectivity index (χ1v) is 12.9. The Kier molecular flexibility index (Phi) is 4.73. The SMILES string of the molecule is CC(C)=CCCC(C)C1CCC2(C)C3CC(=O)C4CC(O)CCC45CC35CCC12C. The fourth-order valence-electron chi connectivity index (χ4n) is 10.1. The Morgan fingerprint density at radius 1 is 1.10 bits per heavy atom. The summed E-state index contributed by atoms with van der Waals surface area (Å²) in [5.74, 6) is 2.86. The Balaban J connectivity index is 1.42. The molecule has 0 saturated heterocycles. The van der Waals surface area contributed by atoms with Crippen molar-refractivity contribution in [2.75, 3.05) is 0 Å². The van der Waals surface area contributed by atoms with Crippen molar-refractivity contribution in [1.82, 2.24) is 0 Å². The summed E-state index contributed by atoms with van der Waals surface area (Å²) in [5, 5.41) is 10.3. The molecule has 0 radical (unpaired) electrons. The van der Waals surface area contributed by atoms with Crippen LogP contribution < -0.4 is 0 Å². The number of Topliss-reactive ketones (excluding diaryl/α,β-unsaturated/α-hetero) is 1. The highest BCUT2D eigenvalue weighted by atomic mass is 16.3. The van der Waals surface area contributed by atoms with E-state index in [-0.39, 0.29) is 17.4 Å². The zero-order chi connectivity index (χ0) is 21.5. The molecular formula is C28H44O2. The van der Waals surface area contributed by atoms with Crippen LogP contribution in [0.2, 0.25) is 0 Å². The summed E-state index contributed by atoms with van der Waals surface area (Å²) < 4.78 is 0. The molecule has 5 aliphatic carbocycles.